The summed E-state index contributed by atoms with van der Waals surface area (Å²) in [5, 5.41) is 19.4. The fourth-order valence-electron chi connectivity index (χ4n) is 1.99. The van der Waals surface area contributed by atoms with Gasteiger partial charge < -0.3 is 5.11 Å². The van der Waals surface area contributed by atoms with Crippen LogP contribution in [0.5, 0.6) is 5.75 Å². The second-order valence-electron chi connectivity index (χ2n) is 5.65. The molecule has 0 unspecified atom stereocenters. The van der Waals surface area contributed by atoms with E-state index in [2.05, 4.69) is 26.8 Å². The van der Waals surface area contributed by atoms with Crippen molar-refractivity contribution in [2.24, 2.45) is 0 Å². The van der Waals surface area contributed by atoms with Crippen LogP contribution in [0, 0.1) is 11.3 Å². The highest BCUT2D eigenvalue weighted by molar-refractivity contribution is 5.74. The summed E-state index contributed by atoms with van der Waals surface area (Å²) < 4.78 is 0. The summed E-state index contributed by atoms with van der Waals surface area (Å²) in [4.78, 5) is 0. The Morgan fingerprint density at radius 2 is 1.68 bits per heavy atom. The zero-order valence-electron chi connectivity index (χ0n) is 11.4. The maximum Gasteiger partial charge on any atom is 0.141 e. The summed E-state index contributed by atoms with van der Waals surface area (Å²) in [6.45, 7) is 6.28. The van der Waals surface area contributed by atoms with Gasteiger partial charge in [-0.05, 0) is 28.7 Å². The molecule has 96 valence electrons. The largest absolute Gasteiger partial charge is 0.506 e. The molecule has 0 aliphatic rings. The topological polar surface area (TPSA) is 44.0 Å². The van der Waals surface area contributed by atoms with E-state index in [0.29, 0.717) is 11.1 Å². The van der Waals surface area contributed by atoms with Crippen molar-refractivity contribution in [1.29, 1.82) is 5.26 Å². The third-order valence-electron chi connectivity index (χ3n) is 3.18. The molecule has 0 spiro atoms. The van der Waals surface area contributed by atoms with Gasteiger partial charge in [0.1, 0.15) is 11.8 Å². The van der Waals surface area contributed by atoms with E-state index < -0.39 is 0 Å². The minimum atomic E-state index is -0.0666. The van der Waals surface area contributed by atoms with Crippen molar-refractivity contribution in [3.8, 4) is 22.9 Å². The summed E-state index contributed by atoms with van der Waals surface area (Å²) >= 11 is 0. The van der Waals surface area contributed by atoms with Gasteiger partial charge >= 0.3 is 0 Å². The molecule has 0 saturated heterocycles. The quantitative estimate of drug-likeness (QED) is 0.824. The van der Waals surface area contributed by atoms with Crippen molar-refractivity contribution in [3.05, 3.63) is 53.6 Å². The van der Waals surface area contributed by atoms with Crippen molar-refractivity contribution >= 4 is 0 Å². The van der Waals surface area contributed by atoms with Crippen LogP contribution in [0.1, 0.15) is 31.9 Å². The normalized spacial score (nSPS) is 11.1. The molecule has 2 nitrogen and oxygen atoms in total. The standard InChI is InChI=1S/C17H17NO/c1-17(2,3)14-9-13(11-18)16(19)15(10-14)12-7-5-4-6-8-12/h4-10,19H,1-3H3. The summed E-state index contributed by atoms with van der Waals surface area (Å²) in [5.41, 5.74) is 2.93. The fourth-order valence-corrected chi connectivity index (χ4v) is 1.99. The van der Waals surface area contributed by atoms with Crippen LogP contribution in [0.25, 0.3) is 11.1 Å². The molecule has 19 heavy (non-hydrogen) atoms. The molecule has 0 heterocycles. The number of phenols is 1. The van der Waals surface area contributed by atoms with Crippen molar-refractivity contribution in [2.75, 3.05) is 0 Å². The lowest BCUT2D eigenvalue weighted by molar-refractivity contribution is 0.474. The molecule has 2 heteroatoms. The Hall–Kier alpha value is -2.27. The molecule has 0 aliphatic heterocycles. The van der Waals surface area contributed by atoms with Crippen LogP contribution in [0.3, 0.4) is 0 Å². The van der Waals surface area contributed by atoms with E-state index in [-0.39, 0.29) is 11.2 Å². The molecule has 0 radical (unpaired) electrons. The second-order valence-corrected chi connectivity index (χ2v) is 5.65. The molecular formula is C17H17NO. The van der Waals surface area contributed by atoms with Crippen LogP contribution < -0.4 is 0 Å². The maximum absolute atomic E-state index is 10.2. The van der Waals surface area contributed by atoms with Gasteiger partial charge in [-0.15, -0.1) is 0 Å². The third-order valence-corrected chi connectivity index (χ3v) is 3.18. The third kappa shape index (κ3) is 2.61. The van der Waals surface area contributed by atoms with Crippen LogP contribution in [-0.4, -0.2) is 5.11 Å². The monoisotopic (exact) mass is 251 g/mol. The van der Waals surface area contributed by atoms with Crippen molar-refractivity contribution in [2.45, 2.75) is 26.2 Å². The minimum absolute atomic E-state index is 0.0571. The average molecular weight is 251 g/mol. The molecule has 0 saturated carbocycles. The summed E-state index contributed by atoms with van der Waals surface area (Å²) in [5.74, 6) is 0.0571. The molecule has 0 bridgehead atoms. The number of nitrogens with zero attached hydrogens (tertiary/aromatic N) is 1. The van der Waals surface area contributed by atoms with Crippen LogP contribution >= 0.6 is 0 Å². The molecule has 0 aromatic heterocycles. The van der Waals surface area contributed by atoms with E-state index in [0.717, 1.165) is 11.1 Å². The summed E-state index contributed by atoms with van der Waals surface area (Å²) in [6, 6.07) is 15.4. The Balaban J connectivity index is 2.71. The lowest BCUT2D eigenvalue weighted by Gasteiger charge is -2.21. The van der Waals surface area contributed by atoms with E-state index in [1.165, 1.54) is 0 Å². The Kier molecular flexibility index (Phi) is 3.31. The Labute approximate surface area is 114 Å². The van der Waals surface area contributed by atoms with Gasteiger partial charge in [-0.1, -0.05) is 51.1 Å². The highest BCUT2D eigenvalue weighted by Crippen LogP contribution is 2.36. The lowest BCUT2D eigenvalue weighted by atomic mass is 9.84. The number of rotatable bonds is 1. The number of aromatic hydroxyl groups is 1. The van der Waals surface area contributed by atoms with E-state index in [1.807, 2.05) is 36.4 Å². The SMILES string of the molecule is CC(C)(C)c1cc(C#N)c(O)c(-c2ccccc2)c1. The van der Waals surface area contributed by atoms with Gasteiger partial charge in [0.15, 0.2) is 0 Å². The number of hydrogen-bond donors (Lipinski definition) is 1. The van der Waals surface area contributed by atoms with Gasteiger partial charge in [-0.25, -0.2) is 0 Å². The number of hydrogen-bond acceptors (Lipinski definition) is 2. The first-order chi connectivity index (χ1) is 8.93. The highest BCUT2D eigenvalue weighted by atomic mass is 16.3. The molecule has 2 rings (SSSR count). The lowest BCUT2D eigenvalue weighted by Crippen LogP contribution is -2.11. The predicted octanol–water partition coefficient (Wildman–Crippen LogP) is 4.23. The van der Waals surface area contributed by atoms with Gasteiger partial charge in [0.05, 0.1) is 5.56 Å². The van der Waals surface area contributed by atoms with Crippen LogP contribution in [0.15, 0.2) is 42.5 Å². The maximum atomic E-state index is 10.2. The van der Waals surface area contributed by atoms with Crippen LogP contribution in [0.2, 0.25) is 0 Å². The van der Waals surface area contributed by atoms with E-state index >= 15 is 0 Å². The van der Waals surface area contributed by atoms with Gasteiger partial charge in [0, 0.05) is 5.56 Å². The van der Waals surface area contributed by atoms with E-state index in [4.69, 9.17) is 5.26 Å². The molecule has 2 aromatic rings. The highest BCUT2D eigenvalue weighted by Gasteiger charge is 2.19. The van der Waals surface area contributed by atoms with Gasteiger partial charge in [0.25, 0.3) is 0 Å². The first-order valence-electron chi connectivity index (χ1n) is 6.26. The molecule has 2 aromatic carbocycles. The van der Waals surface area contributed by atoms with E-state index in [1.54, 1.807) is 6.07 Å². The fraction of sp³-hybridized carbons (Fsp3) is 0.235. The average Bonchev–Trinajstić information content (AvgIpc) is 2.38. The number of benzene rings is 2. The molecule has 0 aliphatic carbocycles. The smallest absolute Gasteiger partial charge is 0.141 e. The number of nitriles is 1. The van der Waals surface area contributed by atoms with Crippen molar-refractivity contribution in [3.63, 3.8) is 0 Å². The first kappa shape index (κ1) is 13.2. The Bertz CT molecular complexity index is 631. The van der Waals surface area contributed by atoms with Crippen molar-refractivity contribution in [1.82, 2.24) is 0 Å². The molecule has 0 atom stereocenters. The van der Waals surface area contributed by atoms with Crippen LogP contribution in [0.4, 0.5) is 0 Å². The summed E-state index contributed by atoms with van der Waals surface area (Å²) in [7, 11) is 0. The van der Waals surface area contributed by atoms with Crippen molar-refractivity contribution < 1.29 is 5.11 Å². The molecule has 1 N–H and O–H groups in total. The zero-order valence-corrected chi connectivity index (χ0v) is 11.4. The second kappa shape index (κ2) is 4.78. The first-order valence-corrected chi connectivity index (χ1v) is 6.26. The van der Waals surface area contributed by atoms with Crippen LogP contribution in [-0.2, 0) is 5.41 Å². The minimum Gasteiger partial charge on any atom is -0.506 e. The predicted molar refractivity (Wildman–Crippen MR) is 77.0 cm³/mol. The molecule has 0 fully saturated rings. The van der Waals surface area contributed by atoms with Gasteiger partial charge in [-0.3, -0.25) is 0 Å². The Morgan fingerprint density at radius 3 is 2.21 bits per heavy atom. The molecule has 0 amide bonds. The van der Waals surface area contributed by atoms with Gasteiger partial charge in [0.2, 0.25) is 0 Å². The van der Waals surface area contributed by atoms with E-state index in [9.17, 15) is 5.11 Å². The Morgan fingerprint density at radius 1 is 1.05 bits per heavy atom. The molecular weight excluding hydrogens is 234 g/mol. The zero-order chi connectivity index (χ0) is 14.0. The van der Waals surface area contributed by atoms with Gasteiger partial charge in [-0.2, -0.15) is 5.26 Å². The number of phenolic OH excluding ortho intramolecular Hbond substituents is 1. The summed E-state index contributed by atoms with van der Waals surface area (Å²) in [6.07, 6.45) is 0.